The Morgan fingerprint density at radius 3 is 2.67 bits per heavy atom. The highest BCUT2D eigenvalue weighted by Gasteiger charge is 2.12. The molecule has 0 aliphatic heterocycles. The molecule has 0 heterocycles. The number of nitrogens with one attached hydrogen (secondary N) is 1. The molecule has 0 aliphatic carbocycles. The van der Waals surface area contributed by atoms with Gasteiger partial charge in [0, 0.05) is 33.1 Å². The summed E-state index contributed by atoms with van der Waals surface area (Å²) in [4.78, 5) is 13.0. The quantitative estimate of drug-likeness (QED) is 0.474. The lowest BCUT2D eigenvalue weighted by Gasteiger charge is -2.18. The van der Waals surface area contributed by atoms with E-state index in [0.717, 1.165) is 13.0 Å². The van der Waals surface area contributed by atoms with Crippen LogP contribution in [0.25, 0.3) is 0 Å². The van der Waals surface area contributed by atoms with E-state index in [9.17, 15) is 4.79 Å². The molecular formula is C11H23N3O. The van der Waals surface area contributed by atoms with Gasteiger partial charge in [0.25, 0.3) is 0 Å². The Hall–Kier alpha value is -0.870. The fourth-order valence-electron chi connectivity index (χ4n) is 1.17. The lowest BCUT2D eigenvalue weighted by Crippen LogP contribution is -2.40. The van der Waals surface area contributed by atoms with Gasteiger partial charge < -0.3 is 16.0 Å². The van der Waals surface area contributed by atoms with E-state index in [4.69, 9.17) is 5.73 Å². The lowest BCUT2D eigenvalue weighted by atomic mass is 10.2. The fourth-order valence-corrected chi connectivity index (χ4v) is 1.17. The van der Waals surface area contributed by atoms with Crippen molar-refractivity contribution in [3.05, 3.63) is 12.2 Å². The Morgan fingerprint density at radius 2 is 2.20 bits per heavy atom. The second-order valence-electron chi connectivity index (χ2n) is 3.74. The van der Waals surface area contributed by atoms with Gasteiger partial charge in [0.05, 0.1) is 0 Å². The molecule has 4 nitrogen and oxygen atoms in total. The molecule has 0 saturated heterocycles. The number of hydrogen-bond donors (Lipinski definition) is 2. The lowest BCUT2D eigenvalue weighted by molar-refractivity contribution is -0.129. The van der Waals surface area contributed by atoms with Crippen LogP contribution in [0.2, 0.25) is 0 Å². The van der Waals surface area contributed by atoms with Crippen molar-refractivity contribution in [2.75, 3.05) is 27.2 Å². The number of amides is 1. The van der Waals surface area contributed by atoms with Gasteiger partial charge in [-0.25, -0.2) is 0 Å². The van der Waals surface area contributed by atoms with E-state index in [0.29, 0.717) is 13.0 Å². The van der Waals surface area contributed by atoms with Crippen LogP contribution in [-0.2, 0) is 4.79 Å². The monoisotopic (exact) mass is 213 g/mol. The standard InChI is InChI=1S/C11H23N3O/c1-4-5-6-7-13-10(9-12)8-11(15)14(2)3/h4-5,10,13H,6-9,12H2,1-3H3/b5-4+. The van der Waals surface area contributed by atoms with Crippen molar-refractivity contribution in [2.24, 2.45) is 5.73 Å². The molecule has 88 valence electrons. The van der Waals surface area contributed by atoms with Crippen LogP contribution in [0.3, 0.4) is 0 Å². The summed E-state index contributed by atoms with van der Waals surface area (Å²) in [7, 11) is 3.52. The number of hydrogen-bond acceptors (Lipinski definition) is 3. The van der Waals surface area contributed by atoms with E-state index in [2.05, 4.69) is 11.4 Å². The Bertz CT molecular complexity index is 202. The largest absolute Gasteiger partial charge is 0.349 e. The second-order valence-corrected chi connectivity index (χ2v) is 3.74. The number of nitrogens with zero attached hydrogens (tertiary/aromatic N) is 1. The summed E-state index contributed by atoms with van der Waals surface area (Å²) < 4.78 is 0. The first-order valence-electron chi connectivity index (χ1n) is 5.36. The van der Waals surface area contributed by atoms with Crippen LogP contribution in [-0.4, -0.2) is 44.0 Å². The normalized spacial score (nSPS) is 13.1. The van der Waals surface area contributed by atoms with Gasteiger partial charge in [-0.2, -0.15) is 0 Å². The highest BCUT2D eigenvalue weighted by Crippen LogP contribution is 1.94. The molecule has 0 aromatic rings. The summed E-state index contributed by atoms with van der Waals surface area (Å²) in [6.45, 7) is 3.36. The minimum Gasteiger partial charge on any atom is -0.349 e. The average molecular weight is 213 g/mol. The van der Waals surface area contributed by atoms with Crippen molar-refractivity contribution in [3.8, 4) is 0 Å². The van der Waals surface area contributed by atoms with Gasteiger partial charge >= 0.3 is 0 Å². The van der Waals surface area contributed by atoms with Crippen LogP contribution in [0.4, 0.5) is 0 Å². The summed E-state index contributed by atoms with van der Waals surface area (Å²) in [5.41, 5.74) is 5.58. The Morgan fingerprint density at radius 1 is 1.53 bits per heavy atom. The molecule has 1 amide bonds. The van der Waals surface area contributed by atoms with E-state index in [1.54, 1.807) is 19.0 Å². The number of nitrogens with two attached hydrogens (primary N) is 1. The minimum absolute atomic E-state index is 0.0881. The molecule has 15 heavy (non-hydrogen) atoms. The van der Waals surface area contributed by atoms with Gasteiger partial charge in [-0.15, -0.1) is 0 Å². The molecule has 1 atom stereocenters. The van der Waals surface area contributed by atoms with E-state index in [1.165, 1.54) is 0 Å². The van der Waals surface area contributed by atoms with E-state index < -0.39 is 0 Å². The van der Waals surface area contributed by atoms with Gasteiger partial charge in [-0.1, -0.05) is 12.2 Å². The Kier molecular flexibility index (Phi) is 7.95. The van der Waals surface area contributed by atoms with E-state index >= 15 is 0 Å². The maximum absolute atomic E-state index is 11.4. The first-order chi connectivity index (χ1) is 7.11. The van der Waals surface area contributed by atoms with Gasteiger partial charge in [0.15, 0.2) is 0 Å². The first-order valence-corrected chi connectivity index (χ1v) is 5.36. The van der Waals surface area contributed by atoms with Crippen molar-refractivity contribution in [1.82, 2.24) is 10.2 Å². The minimum atomic E-state index is 0.0881. The van der Waals surface area contributed by atoms with E-state index in [1.807, 2.05) is 13.0 Å². The van der Waals surface area contributed by atoms with Crippen LogP contribution in [0.5, 0.6) is 0 Å². The molecule has 0 rings (SSSR count). The van der Waals surface area contributed by atoms with Crippen LogP contribution < -0.4 is 11.1 Å². The predicted molar refractivity (Wildman–Crippen MR) is 63.6 cm³/mol. The van der Waals surface area contributed by atoms with Gasteiger partial charge in [-0.05, 0) is 19.9 Å². The molecule has 0 aliphatic rings. The summed E-state index contributed by atoms with van der Waals surface area (Å²) in [5.74, 6) is 0.115. The number of rotatable bonds is 7. The van der Waals surface area contributed by atoms with Crippen molar-refractivity contribution in [1.29, 1.82) is 0 Å². The van der Waals surface area contributed by atoms with Gasteiger partial charge in [0.1, 0.15) is 0 Å². The zero-order valence-electron chi connectivity index (χ0n) is 9.99. The Balaban J connectivity index is 3.77. The highest BCUT2D eigenvalue weighted by molar-refractivity contribution is 5.76. The van der Waals surface area contributed by atoms with Gasteiger partial charge in [-0.3, -0.25) is 4.79 Å². The second kappa shape index (κ2) is 8.44. The third-order valence-corrected chi connectivity index (χ3v) is 2.18. The van der Waals surface area contributed by atoms with Crippen LogP contribution in [0.15, 0.2) is 12.2 Å². The van der Waals surface area contributed by atoms with Crippen LogP contribution in [0, 0.1) is 0 Å². The average Bonchev–Trinajstić information content (AvgIpc) is 2.22. The number of allylic oxidation sites excluding steroid dienone is 1. The fraction of sp³-hybridized carbons (Fsp3) is 0.727. The van der Waals surface area contributed by atoms with Crippen molar-refractivity contribution < 1.29 is 4.79 Å². The summed E-state index contributed by atoms with van der Waals surface area (Å²) in [6, 6.07) is 0.0881. The molecule has 0 saturated carbocycles. The molecule has 0 fully saturated rings. The predicted octanol–water partition coefficient (Wildman–Crippen LogP) is 0.348. The maximum atomic E-state index is 11.4. The highest BCUT2D eigenvalue weighted by atomic mass is 16.2. The van der Waals surface area contributed by atoms with Crippen LogP contribution >= 0.6 is 0 Å². The topological polar surface area (TPSA) is 58.4 Å². The maximum Gasteiger partial charge on any atom is 0.223 e. The number of carbonyl (C=O) groups is 1. The molecule has 0 radical (unpaired) electrons. The first kappa shape index (κ1) is 14.1. The van der Waals surface area contributed by atoms with Crippen LogP contribution in [0.1, 0.15) is 19.8 Å². The summed E-state index contributed by atoms with van der Waals surface area (Å²) in [5, 5.41) is 3.27. The van der Waals surface area contributed by atoms with Crippen molar-refractivity contribution in [2.45, 2.75) is 25.8 Å². The molecule has 0 aromatic carbocycles. The molecule has 0 bridgehead atoms. The molecule has 3 N–H and O–H groups in total. The van der Waals surface area contributed by atoms with Crippen molar-refractivity contribution >= 4 is 5.91 Å². The third-order valence-electron chi connectivity index (χ3n) is 2.18. The zero-order valence-corrected chi connectivity index (χ0v) is 9.99. The molecular weight excluding hydrogens is 190 g/mol. The summed E-state index contributed by atoms with van der Waals surface area (Å²) >= 11 is 0. The number of carbonyl (C=O) groups excluding carboxylic acids is 1. The summed E-state index contributed by atoms with van der Waals surface area (Å²) in [6.07, 6.45) is 5.56. The smallest absolute Gasteiger partial charge is 0.223 e. The molecule has 4 heteroatoms. The zero-order chi connectivity index (χ0) is 11.7. The van der Waals surface area contributed by atoms with Crippen molar-refractivity contribution in [3.63, 3.8) is 0 Å². The molecule has 0 spiro atoms. The SMILES string of the molecule is C/C=C/CCNC(CN)CC(=O)N(C)C. The Labute approximate surface area is 92.5 Å². The molecule has 0 aromatic heterocycles. The molecule has 1 unspecified atom stereocenters. The third kappa shape index (κ3) is 7.11. The van der Waals surface area contributed by atoms with Gasteiger partial charge in [0.2, 0.25) is 5.91 Å². The van der Waals surface area contributed by atoms with E-state index in [-0.39, 0.29) is 11.9 Å².